The van der Waals surface area contributed by atoms with Gasteiger partial charge in [0.2, 0.25) is 0 Å². The van der Waals surface area contributed by atoms with Gasteiger partial charge in [0, 0.05) is 22.1 Å². The zero-order chi connectivity index (χ0) is 15.8. The molecule has 0 aromatic heterocycles. The van der Waals surface area contributed by atoms with Gasteiger partial charge in [0.1, 0.15) is 0 Å². The van der Waals surface area contributed by atoms with Gasteiger partial charge in [-0.2, -0.15) is 0 Å². The van der Waals surface area contributed by atoms with Crippen molar-refractivity contribution in [3.63, 3.8) is 0 Å². The molecular formula is C16H22INO3. The SMILES string of the molecule is CC(C)C(CCNC(=O)c1cccc(I)c1)CCC(=O)O. The third kappa shape index (κ3) is 6.93. The number of amides is 1. The van der Waals surface area contributed by atoms with Crippen LogP contribution in [0.25, 0.3) is 0 Å². The molecule has 21 heavy (non-hydrogen) atoms. The molecule has 1 aromatic rings. The van der Waals surface area contributed by atoms with Gasteiger partial charge in [-0.1, -0.05) is 19.9 Å². The van der Waals surface area contributed by atoms with E-state index >= 15 is 0 Å². The first-order chi connectivity index (χ1) is 9.90. The van der Waals surface area contributed by atoms with Gasteiger partial charge in [0.05, 0.1) is 0 Å². The van der Waals surface area contributed by atoms with Gasteiger partial charge < -0.3 is 10.4 Å². The summed E-state index contributed by atoms with van der Waals surface area (Å²) in [5.41, 5.74) is 0.661. The molecule has 1 atom stereocenters. The molecule has 1 amide bonds. The molecule has 0 fully saturated rings. The molecule has 116 valence electrons. The molecule has 2 N–H and O–H groups in total. The van der Waals surface area contributed by atoms with Crippen molar-refractivity contribution in [1.82, 2.24) is 5.32 Å². The average molecular weight is 403 g/mol. The Morgan fingerprint density at radius 1 is 1.29 bits per heavy atom. The fraction of sp³-hybridized carbons (Fsp3) is 0.500. The fourth-order valence-corrected chi connectivity index (χ4v) is 2.77. The number of rotatable bonds is 8. The van der Waals surface area contributed by atoms with Crippen LogP contribution in [0.2, 0.25) is 0 Å². The Balaban J connectivity index is 2.43. The van der Waals surface area contributed by atoms with E-state index in [2.05, 4.69) is 41.8 Å². The lowest BCUT2D eigenvalue weighted by molar-refractivity contribution is -0.137. The highest BCUT2D eigenvalue weighted by atomic mass is 127. The van der Waals surface area contributed by atoms with Crippen LogP contribution in [0.15, 0.2) is 24.3 Å². The van der Waals surface area contributed by atoms with Crippen LogP contribution in [0.5, 0.6) is 0 Å². The summed E-state index contributed by atoms with van der Waals surface area (Å²) in [4.78, 5) is 22.7. The molecule has 0 aliphatic carbocycles. The molecule has 0 radical (unpaired) electrons. The lowest BCUT2D eigenvalue weighted by atomic mass is 9.88. The van der Waals surface area contributed by atoms with E-state index in [4.69, 9.17) is 5.11 Å². The normalized spacial score (nSPS) is 12.2. The van der Waals surface area contributed by atoms with Crippen LogP contribution in [-0.2, 0) is 4.79 Å². The van der Waals surface area contributed by atoms with Crippen molar-refractivity contribution < 1.29 is 14.7 Å². The lowest BCUT2D eigenvalue weighted by Crippen LogP contribution is -2.27. The molecule has 4 nitrogen and oxygen atoms in total. The second-order valence-corrected chi connectivity index (χ2v) is 6.74. The van der Waals surface area contributed by atoms with Crippen LogP contribution in [0.4, 0.5) is 0 Å². The molecule has 0 heterocycles. The van der Waals surface area contributed by atoms with E-state index in [1.807, 2.05) is 18.2 Å². The van der Waals surface area contributed by atoms with Crippen molar-refractivity contribution in [1.29, 1.82) is 0 Å². The van der Waals surface area contributed by atoms with Crippen LogP contribution >= 0.6 is 22.6 Å². The highest BCUT2D eigenvalue weighted by Crippen LogP contribution is 2.20. The summed E-state index contributed by atoms with van der Waals surface area (Å²) in [5, 5.41) is 11.7. The quantitative estimate of drug-likeness (QED) is 0.653. The number of benzene rings is 1. The standard InChI is InChI=1S/C16H22INO3/c1-11(2)12(6-7-15(19)20)8-9-18-16(21)13-4-3-5-14(17)10-13/h3-5,10-12H,6-9H2,1-2H3,(H,18,21)(H,19,20). The Bertz CT molecular complexity index is 488. The molecule has 0 bridgehead atoms. The van der Waals surface area contributed by atoms with Gasteiger partial charge in [-0.3, -0.25) is 9.59 Å². The summed E-state index contributed by atoms with van der Waals surface area (Å²) in [6, 6.07) is 7.45. The van der Waals surface area contributed by atoms with E-state index in [-0.39, 0.29) is 12.3 Å². The summed E-state index contributed by atoms with van der Waals surface area (Å²) in [6.07, 6.45) is 1.65. The van der Waals surface area contributed by atoms with Crippen molar-refractivity contribution in [2.45, 2.75) is 33.1 Å². The van der Waals surface area contributed by atoms with Gasteiger partial charge in [0.25, 0.3) is 5.91 Å². The molecule has 0 aliphatic heterocycles. The molecule has 0 aliphatic rings. The molecule has 1 unspecified atom stereocenters. The first-order valence-electron chi connectivity index (χ1n) is 7.15. The highest BCUT2D eigenvalue weighted by Gasteiger charge is 2.15. The second-order valence-electron chi connectivity index (χ2n) is 5.49. The van der Waals surface area contributed by atoms with Crippen molar-refractivity contribution in [2.24, 2.45) is 11.8 Å². The third-order valence-corrected chi connectivity index (χ3v) is 4.23. The Morgan fingerprint density at radius 3 is 2.57 bits per heavy atom. The summed E-state index contributed by atoms with van der Waals surface area (Å²) in [5.74, 6) is -0.103. The van der Waals surface area contributed by atoms with Crippen molar-refractivity contribution in [3.8, 4) is 0 Å². The minimum atomic E-state index is -0.761. The van der Waals surface area contributed by atoms with Crippen LogP contribution in [-0.4, -0.2) is 23.5 Å². The Labute approximate surface area is 139 Å². The predicted molar refractivity (Wildman–Crippen MR) is 91.3 cm³/mol. The van der Waals surface area contributed by atoms with E-state index in [0.717, 1.165) is 9.99 Å². The highest BCUT2D eigenvalue weighted by molar-refractivity contribution is 14.1. The number of carbonyl (C=O) groups is 2. The number of halogens is 1. The summed E-state index contributed by atoms with van der Waals surface area (Å²) in [7, 11) is 0. The molecular weight excluding hydrogens is 381 g/mol. The number of carbonyl (C=O) groups excluding carboxylic acids is 1. The van der Waals surface area contributed by atoms with E-state index in [0.29, 0.717) is 30.4 Å². The van der Waals surface area contributed by atoms with E-state index in [9.17, 15) is 9.59 Å². The topological polar surface area (TPSA) is 66.4 Å². The lowest BCUT2D eigenvalue weighted by Gasteiger charge is -2.20. The van der Waals surface area contributed by atoms with Crippen molar-refractivity contribution >= 4 is 34.5 Å². The van der Waals surface area contributed by atoms with Crippen LogP contribution in [0.1, 0.15) is 43.5 Å². The zero-order valence-electron chi connectivity index (χ0n) is 12.4. The van der Waals surface area contributed by atoms with Crippen LogP contribution in [0, 0.1) is 15.4 Å². The molecule has 1 rings (SSSR count). The average Bonchev–Trinajstić information content (AvgIpc) is 2.41. The van der Waals surface area contributed by atoms with Gasteiger partial charge in [-0.25, -0.2) is 0 Å². The Hall–Kier alpha value is -1.11. The molecule has 0 spiro atoms. The number of hydrogen-bond acceptors (Lipinski definition) is 2. The maximum atomic E-state index is 12.0. The Kier molecular flexibility index (Phi) is 7.71. The van der Waals surface area contributed by atoms with Gasteiger partial charge in [-0.15, -0.1) is 0 Å². The van der Waals surface area contributed by atoms with E-state index in [1.54, 1.807) is 6.07 Å². The van der Waals surface area contributed by atoms with Gasteiger partial charge >= 0.3 is 5.97 Å². The maximum absolute atomic E-state index is 12.0. The predicted octanol–water partition coefficient (Wildman–Crippen LogP) is 3.55. The molecule has 0 saturated carbocycles. The van der Waals surface area contributed by atoms with Gasteiger partial charge in [-0.05, 0) is 65.5 Å². The van der Waals surface area contributed by atoms with Crippen LogP contribution < -0.4 is 5.32 Å². The zero-order valence-corrected chi connectivity index (χ0v) is 14.6. The Morgan fingerprint density at radius 2 is 2.00 bits per heavy atom. The number of carboxylic acid groups (broad SMARTS) is 1. The molecule has 5 heteroatoms. The van der Waals surface area contributed by atoms with Crippen molar-refractivity contribution in [3.05, 3.63) is 33.4 Å². The van der Waals surface area contributed by atoms with Crippen molar-refractivity contribution in [2.75, 3.05) is 6.54 Å². The van der Waals surface area contributed by atoms with Crippen LogP contribution in [0.3, 0.4) is 0 Å². The molecule has 1 aromatic carbocycles. The summed E-state index contributed by atoms with van der Waals surface area (Å²) >= 11 is 2.18. The van der Waals surface area contributed by atoms with E-state index < -0.39 is 5.97 Å². The van der Waals surface area contributed by atoms with Gasteiger partial charge in [0.15, 0.2) is 0 Å². The summed E-state index contributed by atoms with van der Waals surface area (Å²) < 4.78 is 1.03. The first kappa shape index (κ1) is 17.9. The number of hydrogen-bond donors (Lipinski definition) is 2. The number of carboxylic acids is 1. The minimum absolute atomic E-state index is 0.0748. The summed E-state index contributed by atoms with van der Waals surface area (Å²) in [6.45, 7) is 4.76. The number of aliphatic carboxylic acids is 1. The van der Waals surface area contributed by atoms with E-state index in [1.165, 1.54) is 0 Å². The maximum Gasteiger partial charge on any atom is 0.303 e. The largest absolute Gasteiger partial charge is 0.481 e. The molecule has 0 saturated heterocycles. The number of nitrogens with one attached hydrogen (secondary N) is 1. The monoisotopic (exact) mass is 403 g/mol. The fourth-order valence-electron chi connectivity index (χ4n) is 2.22. The smallest absolute Gasteiger partial charge is 0.303 e. The minimum Gasteiger partial charge on any atom is -0.481 e. The third-order valence-electron chi connectivity index (χ3n) is 3.56. The first-order valence-corrected chi connectivity index (χ1v) is 8.23. The second kappa shape index (κ2) is 9.02.